The second-order valence-corrected chi connectivity index (χ2v) is 5.19. The van der Waals surface area contributed by atoms with Crippen LogP contribution < -0.4 is 5.32 Å². The van der Waals surface area contributed by atoms with Crippen molar-refractivity contribution in [3.8, 4) is 0 Å². The molecule has 0 aliphatic carbocycles. The lowest BCUT2D eigenvalue weighted by Gasteiger charge is -2.09. The highest BCUT2D eigenvalue weighted by molar-refractivity contribution is 9.09. The van der Waals surface area contributed by atoms with Crippen LogP contribution in [0, 0.1) is 5.82 Å². The summed E-state index contributed by atoms with van der Waals surface area (Å²) in [5.41, 5.74) is 0.459. The molecule has 1 amide bonds. The molecule has 0 radical (unpaired) electrons. The summed E-state index contributed by atoms with van der Waals surface area (Å²) in [5.74, 6) is -1.12. The molecule has 0 unspecified atom stereocenters. The molecule has 0 saturated heterocycles. The number of ketones is 1. The number of anilines is 1. The number of rotatable bonds is 4. The highest BCUT2D eigenvalue weighted by atomic mass is 79.9. The first-order valence-corrected chi connectivity index (χ1v) is 7.35. The normalized spacial score (nSPS) is 10.2. The van der Waals surface area contributed by atoms with Crippen LogP contribution >= 0.6 is 27.3 Å². The average molecular weight is 342 g/mol. The lowest BCUT2D eigenvalue weighted by Crippen LogP contribution is -2.15. The number of alkyl halides is 1. The number of carbonyl (C=O) groups excluding carboxylic acids is 2. The quantitative estimate of drug-likeness (QED) is 0.683. The van der Waals surface area contributed by atoms with Crippen LogP contribution in [-0.2, 0) is 4.79 Å². The van der Waals surface area contributed by atoms with E-state index < -0.39 is 5.82 Å². The van der Waals surface area contributed by atoms with Gasteiger partial charge in [-0.1, -0.05) is 22.0 Å². The Hall–Kier alpha value is -1.53. The fourth-order valence-electron chi connectivity index (χ4n) is 1.54. The lowest BCUT2D eigenvalue weighted by molar-refractivity contribution is -0.113. The van der Waals surface area contributed by atoms with Gasteiger partial charge in [0.2, 0.25) is 11.7 Å². The van der Waals surface area contributed by atoms with Crippen LogP contribution in [-0.4, -0.2) is 17.0 Å². The van der Waals surface area contributed by atoms with Crippen LogP contribution in [0.15, 0.2) is 35.7 Å². The van der Waals surface area contributed by atoms with E-state index in [4.69, 9.17) is 0 Å². The zero-order chi connectivity index (χ0) is 13.8. The average Bonchev–Trinajstić information content (AvgIpc) is 2.93. The molecule has 6 heteroatoms. The Bertz CT molecular complexity index is 613. The van der Waals surface area contributed by atoms with Crippen LogP contribution in [0.3, 0.4) is 0 Å². The van der Waals surface area contributed by atoms with Gasteiger partial charge in [-0.2, -0.15) is 0 Å². The van der Waals surface area contributed by atoms with Gasteiger partial charge in [0.15, 0.2) is 0 Å². The number of thiophene rings is 1. The molecule has 2 aromatic rings. The SMILES string of the molecule is O=C(CBr)Nc1ccc(F)cc1C(=O)c1cccs1. The number of benzene rings is 1. The van der Waals surface area contributed by atoms with E-state index in [1.807, 2.05) is 0 Å². The molecule has 0 aliphatic heterocycles. The summed E-state index contributed by atoms with van der Waals surface area (Å²) in [6.07, 6.45) is 0. The lowest BCUT2D eigenvalue weighted by atomic mass is 10.1. The first-order chi connectivity index (χ1) is 9.11. The Kier molecular flexibility index (Phi) is 4.44. The predicted molar refractivity (Wildman–Crippen MR) is 76.6 cm³/mol. The fourth-order valence-corrected chi connectivity index (χ4v) is 2.36. The van der Waals surface area contributed by atoms with Crippen molar-refractivity contribution in [2.24, 2.45) is 0 Å². The number of nitrogens with one attached hydrogen (secondary N) is 1. The molecule has 3 nitrogen and oxygen atoms in total. The van der Waals surface area contributed by atoms with E-state index >= 15 is 0 Å². The maximum Gasteiger partial charge on any atom is 0.235 e. The van der Waals surface area contributed by atoms with Crippen molar-refractivity contribution in [1.29, 1.82) is 0 Å². The first kappa shape index (κ1) is 13.9. The molecule has 1 aromatic carbocycles. The molecule has 0 atom stereocenters. The molecule has 2 rings (SSSR count). The van der Waals surface area contributed by atoms with Gasteiger partial charge >= 0.3 is 0 Å². The molecule has 0 fully saturated rings. The van der Waals surface area contributed by atoms with Gasteiger partial charge in [0.25, 0.3) is 0 Å². The van der Waals surface area contributed by atoms with E-state index in [1.165, 1.54) is 23.5 Å². The third-order valence-corrected chi connectivity index (χ3v) is 3.74. The Morgan fingerprint density at radius 2 is 2.11 bits per heavy atom. The van der Waals surface area contributed by atoms with Crippen LogP contribution in [0.2, 0.25) is 0 Å². The first-order valence-electron chi connectivity index (χ1n) is 5.35. The predicted octanol–water partition coefficient (Wildman–Crippen LogP) is 3.45. The van der Waals surface area contributed by atoms with Crippen molar-refractivity contribution < 1.29 is 14.0 Å². The van der Waals surface area contributed by atoms with Crippen LogP contribution in [0.25, 0.3) is 0 Å². The molecule has 1 N–H and O–H groups in total. The minimum atomic E-state index is -0.517. The van der Waals surface area contributed by atoms with Crippen molar-refractivity contribution in [3.05, 3.63) is 52.0 Å². The third kappa shape index (κ3) is 3.27. The van der Waals surface area contributed by atoms with Crippen molar-refractivity contribution in [3.63, 3.8) is 0 Å². The monoisotopic (exact) mass is 341 g/mol. The van der Waals surface area contributed by atoms with E-state index in [-0.39, 0.29) is 22.6 Å². The topological polar surface area (TPSA) is 46.2 Å². The van der Waals surface area contributed by atoms with Crippen LogP contribution in [0.5, 0.6) is 0 Å². The van der Waals surface area contributed by atoms with Crippen molar-refractivity contribution in [1.82, 2.24) is 0 Å². The van der Waals surface area contributed by atoms with E-state index in [1.54, 1.807) is 17.5 Å². The van der Waals surface area contributed by atoms with Crippen molar-refractivity contribution in [2.45, 2.75) is 0 Å². The van der Waals surface area contributed by atoms with Gasteiger partial charge in [-0.25, -0.2) is 4.39 Å². The maximum atomic E-state index is 13.3. The zero-order valence-electron chi connectivity index (χ0n) is 9.65. The largest absolute Gasteiger partial charge is 0.325 e. The molecule has 0 aliphatic rings. The number of halogens is 2. The summed E-state index contributed by atoms with van der Waals surface area (Å²) >= 11 is 4.29. The molecule has 0 saturated carbocycles. The summed E-state index contributed by atoms with van der Waals surface area (Å²) < 4.78 is 13.3. The minimum Gasteiger partial charge on any atom is -0.325 e. The second kappa shape index (κ2) is 6.08. The highest BCUT2D eigenvalue weighted by Gasteiger charge is 2.16. The fraction of sp³-hybridized carbons (Fsp3) is 0.0769. The molecule has 1 aromatic heterocycles. The van der Waals surface area contributed by atoms with E-state index in [0.717, 1.165) is 6.07 Å². The molecule has 1 heterocycles. The minimum absolute atomic E-state index is 0.108. The van der Waals surface area contributed by atoms with Crippen LogP contribution in [0.4, 0.5) is 10.1 Å². The Balaban J connectivity index is 2.40. The summed E-state index contributed by atoms with van der Waals surface area (Å²) in [6, 6.07) is 7.12. The van der Waals surface area contributed by atoms with Crippen molar-refractivity contribution >= 4 is 44.6 Å². The Morgan fingerprint density at radius 3 is 2.74 bits per heavy atom. The van der Waals surface area contributed by atoms with E-state index in [0.29, 0.717) is 10.6 Å². The van der Waals surface area contributed by atoms with E-state index in [9.17, 15) is 14.0 Å². The number of amides is 1. The van der Waals surface area contributed by atoms with Gasteiger partial charge in [-0.3, -0.25) is 9.59 Å². The van der Waals surface area contributed by atoms with Gasteiger partial charge < -0.3 is 5.32 Å². The van der Waals surface area contributed by atoms with Gasteiger partial charge in [-0.05, 0) is 29.6 Å². The summed E-state index contributed by atoms with van der Waals surface area (Å²) in [6.45, 7) is 0. The van der Waals surface area contributed by atoms with Gasteiger partial charge in [0, 0.05) is 5.56 Å². The van der Waals surface area contributed by atoms with Gasteiger partial charge in [0.05, 0.1) is 15.9 Å². The number of hydrogen-bond donors (Lipinski definition) is 1. The number of hydrogen-bond acceptors (Lipinski definition) is 3. The number of carbonyl (C=O) groups is 2. The molecular weight excluding hydrogens is 333 g/mol. The van der Waals surface area contributed by atoms with E-state index in [2.05, 4.69) is 21.2 Å². The molecule has 0 spiro atoms. The van der Waals surface area contributed by atoms with Gasteiger partial charge in [-0.15, -0.1) is 11.3 Å². The summed E-state index contributed by atoms with van der Waals surface area (Å²) in [4.78, 5) is 24.1. The smallest absolute Gasteiger partial charge is 0.235 e. The highest BCUT2D eigenvalue weighted by Crippen LogP contribution is 2.23. The second-order valence-electron chi connectivity index (χ2n) is 3.68. The molecular formula is C13H9BrFNO2S. The summed E-state index contributed by atoms with van der Waals surface area (Å²) in [5, 5.41) is 4.44. The molecule has 98 valence electrons. The van der Waals surface area contributed by atoms with Crippen LogP contribution in [0.1, 0.15) is 15.2 Å². The van der Waals surface area contributed by atoms with Gasteiger partial charge in [0.1, 0.15) is 5.82 Å². The maximum absolute atomic E-state index is 13.3. The summed E-state index contributed by atoms with van der Waals surface area (Å²) in [7, 11) is 0. The van der Waals surface area contributed by atoms with Crippen molar-refractivity contribution in [2.75, 3.05) is 10.6 Å². The third-order valence-electron chi connectivity index (χ3n) is 2.37. The molecule has 19 heavy (non-hydrogen) atoms. The standard InChI is InChI=1S/C13H9BrFNO2S/c14-7-12(17)16-10-4-3-8(15)6-9(10)13(18)11-2-1-5-19-11/h1-6H,7H2,(H,16,17). The zero-order valence-corrected chi connectivity index (χ0v) is 12.1. The molecule has 0 bridgehead atoms. The Morgan fingerprint density at radius 1 is 1.32 bits per heavy atom. The Labute approximate surface area is 121 Å².